The first-order valence-electron chi connectivity index (χ1n) is 3.73. The number of aryl methyl sites for hydroxylation is 1. The monoisotopic (exact) mass is 162 g/mol. The molecule has 0 atom stereocenters. The highest BCUT2D eigenvalue weighted by molar-refractivity contribution is 5.16. The van der Waals surface area contributed by atoms with Crippen molar-refractivity contribution in [2.24, 2.45) is 0 Å². The molecule has 0 saturated heterocycles. The lowest BCUT2D eigenvalue weighted by Crippen LogP contribution is -1.92. The molecule has 62 valence electrons. The van der Waals surface area contributed by atoms with Crippen LogP contribution in [0.5, 0.6) is 5.88 Å². The van der Waals surface area contributed by atoms with Crippen LogP contribution in [-0.4, -0.2) is 12.1 Å². The zero-order valence-corrected chi connectivity index (χ0v) is 6.95. The summed E-state index contributed by atoms with van der Waals surface area (Å²) in [6, 6.07) is 7.62. The highest BCUT2D eigenvalue weighted by Crippen LogP contribution is 2.07. The summed E-state index contributed by atoms with van der Waals surface area (Å²) < 4.78 is 4.94. The van der Waals surface area contributed by atoms with Gasteiger partial charge in [-0.15, -0.1) is 0 Å². The zero-order chi connectivity index (χ0) is 8.81. The molecule has 3 nitrogen and oxygen atoms in total. The molecule has 1 heterocycles. The second-order valence-corrected chi connectivity index (χ2v) is 2.33. The lowest BCUT2D eigenvalue weighted by molar-refractivity contribution is 0.396. The SMILES string of the molecule is COc1cccc(CCC#N)n1. The number of aromatic nitrogens is 1. The summed E-state index contributed by atoms with van der Waals surface area (Å²) in [5.41, 5.74) is 0.899. The van der Waals surface area contributed by atoms with E-state index >= 15 is 0 Å². The molecule has 12 heavy (non-hydrogen) atoms. The lowest BCUT2D eigenvalue weighted by Gasteiger charge is -2.00. The third kappa shape index (κ3) is 2.24. The summed E-state index contributed by atoms with van der Waals surface area (Å²) in [7, 11) is 1.58. The van der Waals surface area contributed by atoms with Crippen molar-refractivity contribution in [2.45, 2.75) is 12.8 Å². The van der Waals surface area contributed by atoms with E-state index in [4.69, 9.17) is 10.00 Å². The molecule has 0 fully saturated rings. The number of rotatable bonds is 3. The van der Waals surface area contributed by atoms with Gasteiger partial charge in [-0.2, -0.15) is 5.26 Å². The Bertz CT molecular complexity index is 291. The topological polar surface area (TPSA) is 45.9 Å². The first-order chi connectivity index (χ1) is 5.86. The van der Waals surface area contributed by atoms with Crippen LogP contribution in [0.3, 0.4) is 0 Å². The molecule has 0 aliphatic heterocycles. The van der Waals surface area contributed by atoms with Gasteiger partial charge in [0.25, 0.3) is 0 Å². The van der Waals surface area contributed by atoms with Crippen LogP contribution < -0.4 is 4.74 Å². The smallest absolute Gasteiger partial charge is 0.213 e. The Kier molecular flexibility index (Phi) is 3.09. The predicted octanol–water partition coefficient (Wildman–Crippen LogP) is 1.55. The van der Waals surface area contributed by atoms with Gasteiger partial charge in [-0.3, -0.25) is 0 Å². The number of methoxy groups -OCH3 is 1. The van der Waals surface area contributed by atoms with E-state index in [0.29, 0.717) is 18.7 Å². The number of hydrogen-bond acceptors (Lipinski definition) is 3. The largest absolute Gasteiger partial charge is 0.481 e. The van der Waals surface area contributed by atoms with Gasteiger partial charge in [-0.25, -0.2) is 4.98 Å². The molecule has 1 aromatic rings. The molecule has 0 unspecified atom stereocenters. The van der Waals surface area contributed by atoms with Gasteiger partial charge in [0.1, 0.15) is 0 Å². The Labute approximate surface area is 71.6 Å². The summed E-state index contributed by atoms with van der Waals surface area (Å²) in [6.45, 7) is 0. The van der Waals surface area contributed by atoms with Crippen LogP contribution in [-0.2, 0) is 6.42 Å². The fourth-order valence-electron chi connectivity index (χ4n) is 0.894. The summed E-state index contributed by atoms with van der Waals surface area (Å²) in [5, 5.41) is 8.35. The van der Waals surface area contributed by atoms with E-state index in [-0.39, 0.29) is 0 Å². The van der Waals surface area contributed by atoms with Crippen molar-refractivity contribution >= 4 is 0 Å². The lowest BCUT2D eigenvalue weighted by atomic mass is 10.2. The minimum Gasteiger partial charge on any atom is -0.481 e. The van der Waals surface area contributed by atoms with Crippen molar-refractivity contribution in [3.8, 4) is 11.9 Å². The van der Waals surface area contributed by atoms with Gasteiger partial charge in [-0.1, -0.05) is 6.07 Å². The van der Waals surface area contributed by atoms with Gasteiger partial charge in [0, 0.05) is 24.6 Å². The van der Waals surface area contributed by atoms with E-state index < -0.39 is 0 Å². The standard InChI is InChI=1S/C9H10N2O/c1-12-9-6-2-4-8(11-9)5-3-7-10/h2,4,6H,3,5H2,1H3. The van der Waals surface area contributed by atoms with E-state index in [2.05, 4.69) is 11.1 Å². The minimum absolute atomic E-state index is 0.500. The number of nitrogens with zero attached hydrogens (tertiary/aromatic N) is 2. The second-order valence-electron chi connectivity index (χ2n) is 2.33. The van der Waals surface area contributed by atoms with Crippen LogP contribution in [0.25, 0.3) is 0 Å². The molecule has 1 rings (SSSR count). The number of pyridine rings is 1. The predicted molar refractivity (Wildman–Crippen MR) is 44.7 cm³/mol. The highest BCUT2D eigenvalue weighted by Gasteiger charge is 1.95. The van der Waals surface area contributed by atoms with Gasteiger partial charge in [-0.05, 0) is 6.07 Å². The normalized spacial score (nSPS) is 9.00. The highest BCUT2D eigenvalue weighted by atomic mass is 16.5. The summed E-state index contributed by atoms with van der Waals surface area (Å²) in [6.07, 6.45) is 1.19. The number of nitriles is 1. The Hall–Kier alpha value is -1.56. The van der Waals surface area contributed by atoms with E-state index in [0.717, 1.165) is 5.69 Å². The maximum absolute atomic E-state index is 8.35. The molecule has 0 bridgehead atoms. The van der Waals surface area contributed by atoms with Crippen molar-refractivity contribution in [3.05, 3.63) is 23.9 Å². The molecule has 0 saturated carbocycles. The average molecular weight is 162 g/mol. The average Bonchev–Trinajstić information content (AvgIpc) is 2.15. The Balaban J connectivity index is 2.67. The fraction of sp³-hybridized carbons (Fsp3) is 0.333. The maximum atomic E-state index is 8.35. The second kappa shape index (κ2) is 4.35. The van der Waals surface area contributed by atoms with Gasteiger partial charge < -0.3 is 4.74 Å². The van der Waals surface area contributed by atoms with Crippen molar-refractivity contribution in [2.75, 3.05) is 7.11 Å². The quantitative estimate of drug-likeness (QED) is 0.677. The molecule has 0 amide bonds. The molecular weight excluding hydrogens is 152 g/mol. The van der Waals surface area contributed by atoms with E-state index in [1.807, 2.05) is 12.1 Å². The van der Waals surface area contributed by atoms with Gasteiger partial charge >= 0.3 is 0 Å². The van der Waals surface area contributed by atoms with E-state index in [1.165, 1.54) is 0 Å². The van der Waals surface area contributed by atoms with Gasteiger partial charge in [0.15, 0.2) is 0 Å². The van der Waals surface area contributed by atoms with Crippen LogP contribution in [0, 0.1) is 11.3 Å². The molecular formula is C9H10N2O. The first-order valence-corrected chi connectivity index (χ1v) is 3.73. The van der Waals surface area contributed by atoms with E-state index in [1.54, 1.807) is 13.2 Å². The van der Waals surface area contributed by atoms with Crippen molar-refractivity contribution in [3.63, 3.8) is 0 Å². The fourth-order valence-corrected chi connectivity index (χ4v) is 0.894. The number of ether oxygens (including phenoxy) is 1. The molecule has 3 heteroatoms. The van der Waals surface area contributed by atoms with Crippen molar-refractivity contribution in [1.29, 1.82) is 5.26 Å². The Morgan fingerprint density at radius 1 is 1.58 bits per heavy atom. The van der Waals surface area contributed by atoms with Crippen LogP contribution in [0.15, 0.2) is 18.2 Å². The van der Waals surface area contributed by atoms with Crippen LogP contribution in [0.1, 0.15) is 12.1 Å². The molecule has 0 radical (unpaired) electrons. The minimum atomic E-state index is 0.500. The summed E-state index contributed by atoms with van der Waals surface area (Å²) in [5.74, 6) is 0.602. The maximum Gasteiger partial charge on any atom is 0.213 e. The Morgan fingerprint density at radius 3 is 3.08 bits per heavy atom. The first kappa shape index (κ1) is 8.54. The summed E-state index contributed by atoms with van der Waals surface area (Å²) in [4.78, 5) is 4.16. The molecule has 0 aromatic carbocycles. The van der Waals surface area contributed by atoms with Crippen molar-refractivity contribution in [1.82, 2.24) is 4.98 Å². The third-order valence-corrected chi connectivity index (χ3v) is 1.48. The van der Waals surface area contributed by atoms with Gasteiger partial charge in [0.2, 0.25) is 5.88 Å². The molecule has 1 aromatic heterocycles. The van der Waals surface area contributed by atoms with Gasteiger partial charge in [0.05, 0.1) is 13.2 Å². The van der Waals surface area contributed by atoms with Crippen LogP contribution in [0.2, 0.25) is 0 Å². The third-order valence-electron chi connectivity index (χ3n) is 1.48. The summed E-state index contributed by atoms with van der Waals surface area (Å²) >= 11 is 0. The molecule has 0 spiro atoms. The molecule has 0 N–H and O–H groups in total. The van der Waals surface area contributed by atoms with Crippen molar-refractivity contribution < 1.29 is 4.74 Å². The number of hydrogen-bond donors (Lipinski definition) is 0. The van der Waals surface area contributed by atoms with Crippen LogP contribution in [0.4, 0.5) is 0 Å². The molecule has 0 aliphatic carbocycles. The Morgan fingerprint density at radius 2 is 2.42 bits per heavy atom. The zero-order valence-electron chi connectivity index (χ0n) is 6.95. The van der Waals surface area contributed by atoms with Crippen LogP contribution >= 0.6 is 0 Å². The van der Waals surface area contributed by atoms with E-state index in [9.17, 15) is 0 Å². The molecule has 0 aliphatic rings.